The van der Waals surface area contributed by atoms with Crippen molar-refractivity contribution in [1.82, 2.24) is 5.43 Å². The van der Waals surface area contributed by atoms with Gasteiger partial charge < -0.3 is 9.47 Å². The zero-order valence-electron chi connectivity index (χ0n) is 11.7. The molecule has 0 atom stereocenters. The summed E-state index contributed by atoms with van der Waals surface area (Å²) in [5.41, 5.74) is 3.46. The van der Waals surface area contributed by atoms with Crippen LogP contribution in [0.3, 0.4) is 0 Å². The van der Waals surface area contributed by atoms with Gasteiger partial charge in [-0.3, -0.25) is 4.79 Å². The quantitative estimate of drug-likeness (QED) is 0.682. The highest BCUT2D eigenvalue weighted by molar-refractivity contribution is 7.10. The number of nitrogens with one attached hydrogen (secondary N) is 1. The van der Waals surface area contributed by atoms with Gasteiger partial charge >= 0.3 is 0 Å². The third-order valence-corrected chi connectivity index (χ3v) is 3.83. The van der Waals surface area contributed by atoms with Gasteiger partial charge in [0.15, 0.2) is 11.5 Å². The first-order valence-electron chi connectivity index (χ1n) is 6.72. The van der Waals surface area contributed by atoms with Gasteiger partial charge in [-0.1, -0.05) is 18.2 Å². The lowest BCUT2D eigenvalue weighted by Crippen LogP contribution is -2.18. The minimum atomic E-state index is -0.129. The number of carbonyl (C=O) groups is 1. The van der Waals surface area contributed by atoms with E-state index in [1.54, 1.807) is 17.4 Å². The number of ether oxygens (including phenoxy) is 2. The maximum Gasteiger partial charge on any atom is 0.245 e. The summed E-state index contributed by atoms with van der Waals surface area (Å²) in [5, 5.41) is 5.82. The van der Waals surface area contributed by atoms with Gasteiger partial charge in [-0.15, -0.1) is 11.3 Å². The molecule has 1 N–H and O–H groups in total. The van der Waals surface area contributed by atoms with Gasteiger partial charge in [0.05, 0.1) is 6.42 Å². The fourth-order valence-corrected chi connectivity index (χ4v) is 2.64. The van der Waals surface area contributed by atoms with Crippen LogP contribution >= 0.6 is 11.3 Å². The summed E-state index contributed by atoms with van der Waals surface area (Å²) in [6.07, 6.45) is 5.51. The molecule has 1 amide bonds. The number of hydrogen-bond donors (Lipinski definition) is 1. The predicted octanol–water partition coefficient (Wildman–Crippen LogP) is 2.83. The number of thiophene rings is 1. The number of allylic oxidation sites excluding steroid dienone is 1. The van der Waals surface area contributed by atoms with E-state index in [0.29, 0.717) is 6.42 Å². The molecule has 22 heavy (non-hydrogen) atoms. The van der Waals surface area contributed by atoms with Crippen LogP contribution in [0.5, 0.6) is 11.5 Å². The summed E-state index contributed by atoms with van der Waals surface area (Å²) in [6.45, 7) is 0.264. The molecule has 0 radical (unpaired) electrons. The van der Waals surface area contributed by atoms with Crippen molar-refractivity contribution in [2.75, 3.05) is 6.79 Å². The molecule has 1 aromatic heterocycles. The first kappa shape index (κ1) is 14.3. The molecule has 5 nitrogen and oxygen atoms in total. The molecule has 0 saturated heterocycles. The van der Waals surface area contributed by atoms with Gasteiger partial charge in [-0.25, -0.2) is 5.43 Å². The molecule has 3 rings (SSSR count). The van der Waals surface area contributed by atoms with Crippen molar-refractivity contribution in [3.05, 3.63) is 52.2 Å². The molecule has 0 fully saturated rings. The normalized spacial score (nSPS) is 13.1. The Kier molecular flexibility index (Phi) is 4.50. The predicted molar refractivity (Wildman–Crippen MR) is 86.3 cm³/mol. The van der Waals surface area contributed by atoms with Crippen LogP contribution in [0.15, 0.2) is 46.9 Å². The molecule has 0 aliphatic carbocycles. The van der Waals surface area contributed by atoms with Crippen molar-refractivity contribution in [3.63, 3.8) is 0 Å². The van der Waals surface area contributed by atoms with Crippen LogP contribution in [0.2, 0.25) is 0 Å². The Labute approximate surface area is 131 Å². The Balaban J connectivity index is 1.48. The second-order valence-corrected chi connectivity index (χ2v) is 5.57. The maximum atomic E-state index is 11.6. The van der Waals surface area contributed by atoms with E-state index in [1.807, 2.05) is 41.8 Å². The Bertz CT molecular complexity index is 708. The number of nitrogens with zero attached hydrogens (tertiary/aromatic N) is 1. The van der Waals surface area contributed by atoms with Crippen LogP contribution in [0.4, 0.5) is 0 Å². The highest BCUT2D eigenvalue weighted by Gasteiger charge is 2.11. The van der Waals surface area contributed by atoms with Crippen molar-refractivity contribution in [2.24, 2.45) is 5.10 Å². The second-order valence-electron chi connectivity index (χ2n) is 4.54. The lowest BCUT2D eigenvalue weighted by molar-refractivity contribution is -0.120. The second kappa shape index (κ2) is 6.91. The zero-order valence-corrected chi connectivity index (χ0v) is 12.5. The Morgan fingerprint density at radius 1 is 1.32 bits per heavy atom. The SMILES string of the molecule is O=C(Cc1cccs1)N/N=C/C=C/c1ccc2c(c1)OCO2. The molecule has 0 spiro atoms. The van der Waals surface area contributed by atoms with Gasteiger partial charge in [0, 0.05) is 11.1 Å². The van der Waals surface area contributed by atoms with E-state index < -0.39 is 0 Å². The largest absolute Gasteiger partial charge is 0.454 e. The van der Waals surface area contributed by atoms with Crippen LogP contribution < -0.4 is 14.9 Å². The highest BCUT2D eigenvalue weighted by atomic mass is 32.1. The standard InChI is InChI=1S/C16H14N2O3S/c19-16(10-13-4-2-8-22-13)18-17-7-1-3-12-5-6-14-15(9-12)21-11-20-14/h1-9H,10-11H2,(H,18,19)/b3-1+,17-7+. The number of fused-ring (bicyclic) bond motifs is 1. The van der Waals surface area contributed by atoms with Crippen LogP contribution in [-0.2, 0) is 11.2 Å². The average molecular weight is 314 g/mol. The van der Waals surface area contributed by atoms with Crippen molar-refractivity contribution in [3.8, 4) is 11.5 Å². The molecule has 2 aromatic rings. The number of carbonyl (C=O) groups excluding carboxylic acids is 1. The molecule has 0 unspecified atom stereocenters. The summed E-state index contributed by atoms with van der Waals surface area (Å²) in [4.78, 5) is 12.6. The molecule has 1 aromatic carbocycles. The van der Waals surface area contributed by atoms with Gasteiger partial charge in [0.2, 0.25) is 12.7 Å². The van der Waals surface area contributed by atoms with Crippen LogP contribution in [-0.4, -0.2) is 18.9 Å². The molecule has 1 aliphatic rings. The molecule has 0 saturated carbocycles. The summed E-state index contributed by atoms with van der Waals surface area (Å²) >= 11 is 1.55. The van der Waals surface area contributed by atoms with Crippen LogP contribution in [0.1, 0.15) is 10.4 Å². The van der Waals surface area contributed by atoms with Gasteiger partial charge in [0.25, 0.3) is 0 Å². The molecule has 1 aliphatic heterocycles. The van der Waals surface area contributed by atoms with Gasteiger partial charge in [-0.05, 0) is 35.2 Å². The monoisotopic (exact) mass is 314 g/mol. The molecular weight excluding hydrogens is 300 g/mol. The Morgan fingerprint density at radius 3 is 3.09 bits per heavy atom. The number of amides is 1. The first-order valence-corrected chi connectivity index (χ1v) is 7.60. The van der Waals surface area contributed by atoms with Gasteiger partial charge in [0.1, 0.15) is 0 Å². The van der Waals surface area contributed by atoms with E-state index in [9.17, 15) is 4.79 Å². The van der Waals surface area contributed by atoms with E-state index in [2.05, 4.69) is 10.5 Å². The molecule has 112 valence electrons. The number of benzene rings is 1. The third-order valence-electron chi connectivity index (χ3n) is 2.95. The van der Waals surface area contributed by atoms with Crippen molar-refractivity contribution in [1.29, 1.82) is 0 Å². The summed E-state index contributed by atoms with van der Waals surface area (Å²) < 4.78 is 10.5. The molecule has 0 bridgehead atoms. The van der Waals surface area contributed by atoms with E-state index in [0.717, 1.165) is 21.9 Å². The summed E-state index contributed by atoms with van der Waals surface area (Å²) in [7, 11) is 0. The fraction of sp³-hybridized carbons (Fsp3) is 0.125. The molecule has 2 heterocycles. The molecule has 6 heteroatoms. The van der Waals surface area contributed by atoms with Crippen LogP contribution in [0.25, 0.3) is 6.08 Å². The Hall–Kier alpha value is -2.60. The van der Waals surface area contributed by atoms with E-state index in [4.69, 9.17) is 9.47 Å². The van der Waals surface area contributed by atoms with E-state index in [1.165, 1.54) is 6.21 Å². The minimum absolute atomic E-state index is 0.129. The van der Waals surface area contributed by atoms with E-state index >= 15 is 0 Å². The van der Waals surface area contributed by atoms with Crippen molar-refractivity contribution >= 4 is 29.5 Å². The molecular formula is C16H14N2O3S. The summed E-state index contributed by atoms with van der Waals surface area (Å²) in [5.74, 6) is 1.37. The maximum absolute atomic E-state index is 11.6. The smallest absolute Gasteiger partial charge is 0.245 e. The fourth-order valence-electron chi connectivity index (χ4n) is 1.93. The average Bonchev–Trinajstić information content (AvgIpc) is 3.17. The number of hydrogen-bond acceptors (Lipinski definition) is 5. The van der Waals surface area contributed by atoms with Gasteiger partial charge in [-0.2, -0.15) is 5.10 Å². The number of rotatable bonds is 5. The number of hydrazone groups is 1. The Morgan fingerprint density at radius 2 is 2.23 bits per heavy atom. The zero-order chi connectivity index (χ0) is 15.2. The lowest BCUT2D eigenvalue weighted by Gasteiger charge is -1.97. The topological polar surface area (TPSA) is 59.9 Å². The third kappa shape index (κ3) is 3.73. The van der Waals surface area contributed by atoms with Crippen molar-refractivity contribution < 1.29 is 14.3 Å². The lowest BCUT2D eigenvalue weighted by atomic mass is 10.2. The first-order chi connectivity index (χ1) is 10.8. The van der Waals surface area contributed by atoms with E-state index in [-0.39, 0.29) is 12.7 Å². The van der Waals surface area contributed by atoms with Crippen molar-refractivity contribution in [2.45, 2.75) is 6.42 Å². The highest BCUT2D eigenvalue weighted by Crippen LogP contribution is 2.32. The minimum Gasteiger partial charge on any atom is -0.454 e. The summed E-state index contributed by atoms with van der Waals surface area (Å²) in [6, 6.07) is 9.52. The van der Waals surface area contributed by atoms with Crippen LogP contribution in [0, 0.1) is 0 Å².